The van der Waals surface area contributed by atoms with Gasteiger partial charge in [-0.05, 0) is 50.5 Å². The van der Waals surface area contributed by atoms with E-state index in [0.29, 0.717) is 19.1 Å². The zero-order chi connectivity index (χ0) is 15.2. The minimum absolute atomic E-state index is 0.0257. The molecule has 0 aliphatic heterocycles. The molecule has 0 bridgehead atoms. The van der Waals surface area contributed by atoms with Crippen LogP contribution in [0.25, 0.3) is 0 Å². The third kappa shape index (κ3) is 6.06. The zero-order valence-corrected chi connectivity index (χ0v) is 14.2. The van der Waals surface area contributed by atoms with Crippen LogP contribution in [0.15, 0.2) is 22.7 Å². The van der Waals surface area contributed by atoms with Gasteiger partial charge in [0, 0.05) is 23.1 Å². The highest BCUT2D eigenvalue weighted by Crippen LogP contribution is 2.25. The Labute approximate surface area is 134 Å². The van der Waals surface area contributed by atoms with Gasteiger partial charge < -0.3 is 15.4 Å². The van der Waals surface area contributed by atoms with Crippen LogP contribution in [-0.2, 0) is 11.3 Å². The smallest absolute Gasteiger partial charge is 0.223 e. The lowest BCUT2D eigenvalue weighted by Gasteiger charge is -2.11. The molecule has 2 N–H and O–H groups in total. The number of benzene rings is 1. The van der Waals surface area contributed by atoms with Crippen LogP contribution in [0.5, 0.6) is 5.75 Å². The molecule has 1 aliphatic rings. The van der Waals surface area contributed by atoms with Gasteiger partial charge in [-0.1, -0.05) is 15.9 Å². The molecular weight excluding hydrogens is 332 g/mol. The molecule has 2 rings (SSSR count). The second kappa shape index (κ2) is 7.80. The van der Waals surface area contributed by atoms with E-state index in [1.165, 1.54) is 18.4 Å². The summed E-state index contributed by atoms with van der Waals surface area (Å²) >= 11 is 3.56. The molecule has 1 amide bonds. The molecule has 1 aromatic carbocycles. The number of rotatable bonds is 8. The fraction of sp³-hybridized carbons (Fsp3) is 0.562. The van der Waals surface area contributed by atoms with E-state index < -0.39 is 0 Å². The normalized spacial score (nSPS) is 14.3. The second-order valence-corrected chi connectivity index (χ2v) is 6.58. The van der Waals surface area contributed by atoms with Gasteiger partial charge in [0.2, 0.25) is 5.91 Å². The number of carbonyl (C=O) groups is 1. The van der Waals surface area contributed by atoms with Crippen molar-refractivity contribution >= 4 is 21.8 Å². The van der Waals surface area contributed by atoms with Gasteiger partial charge in [0.1, 0.15) is 5.75 Å². The Kier molecular flexibility index (Phi) is 6.06. The molecule has 1 saturated carbocycles. The molecule has 1 aromatic rings. The summed E-state index contributed by atoms with van der Waals surface area (Å²) in [6, 6.07) is 6.80. The summed E-state index contributed by atoms with van der Waals surface area (Å²) in [4.78, 5) is 11.5. The van der Waals surface area contributed by atoms with Gasteiger partial charge >= 0.3 is 0 Å². The van der Waals surface area contributed by atoms with Gasteiger partial charge in [-0.3, -0.25) is 4.79 Å². The van der Waals surface area contributed by atoms with E-state index in [2.05, 4.69) is 26.6 Å². The van der Waals surface area contributed by atoms with E-state index in [0.717, 1.165) is 16.8 Å². The van der Waals surface area contributed by atoms with E-state index in [1.807, 2.05) is 32.0 Å². The van der Waals surface area contributed by atoms with Crippen molar-refractivity contribution in [2.75, 3.05) is 6.61 Å². The Morgan fingerprint density at radius 3 is 2.86 bits per heavy atom. The summed E-state index contributed by atoms with van der Waals surface area (Å²) in [5, 5.41) is 6.34. The number of ether oxygens (including phenoxy) is 1. The molecule has 1 fully saturated rings. The van der Waals surface area contributed by atoms with Crippen molar-refractivity contribution in [3.63, 3.8) is 0 Å². The lowest BCUT2D eigenvalue weighted by atomic mass is 10.2. The molecule has 0 unspecified atom stereocenters. The number of halogens is 1. The van der Waals surface area contributed by atoms with Crippen molar-refractivity contribution in [2.24, 2.45) is 0 Å². The standard InChI is InChI=1S/C16H23BrN2O2/c1-11(2)19-16(20)7-8-21-14-5-6-15(17)12(9-14)10-18-13-3-4-13/h5-6,9,11,13,18H,3-4,7-8,10H2,1-2H3,(H,19,20). The number of carbonyl (C=O) groups excluding carboxylic acids is 1. The van der Waals surface area contributed by atoms with Crippen molar-refractivity contribution in [3.8, 4) is 5.75 Å². The summed E-state index contributed by atoms with van der Waals surface area (Å²) in [5.41, 5.74) is 1.19. The number of amides is 1. The Morgan fingerprint density at radius 2 is 2.19 bits per heavy atom. The first-order valence-electron chi connectivity index (χ1n) is 7.48. The van der Waals surface area contributed by atoms with Crippen LogP contribution in [0.1, 0.15) is 38.7 Å². The predicted molar refractivity (Wildman–Crippen MR) is 87.4 cm³/mol. The van der Waals surface area contributed by atoms with E-state index in [4.69, 9.17) is 4.74 Å². The first-order chi connectivity index (χ1) is 10.0. The first-order valence-corrected chi connectivity index (χ1v) is 8.28. The lowest BCUT2D eigenvalue weighted by Crippen LogP contribution is -2.31. The highest BCUT2D eigenvalue weighted by Gasteiger charge is 2.20. The third-order valence-electron chi connectivity index (χ3n) is 3.22. The molecule has 1 aliphatic carbocycles. The highest BCUT2D eigenvalue weighted by atomic mass is 79.9. The molecule has 0 radical (unpaired) electrons. The molecule has 0 atom stereocenters. The van der Waals surface area contributed by atoms with Crippen LogP contribution in [0.4, 0.5) is 0 Å². The van der Waals surface area contributed by atoms with Crippen molar-refractivity contribution in [1.29, 1.82) is 0 Å². The van der Waals surface area contributed by atoms with E-state index in [9.17, 15) is 4.79 Å². The second-order valence-electron chi connectivity index (χ2n) is 5.73. The van der Waals surface area contributed by atoms with Gasteiger partial charge in [0.15, 0.2) is 0 Å². The van der Waals surface area contributed by atoms with Crippen LogP contribution in [0.3, 0.4) is 0 Å². The van der Waals surface area contributed by atoms with Crippen molar-refractivity contribution < 1.29 is 9.53 Å². The van der Waals surface area contributed by atoms with Gasteiger partial charge in [0.05, 0.1) is 13.0 Å². The first kappa shape index (κ1) is 16.3. The molecule has 116 valence electrons. The maximum atomic E-state index is 11.5. The van der Waals surface area contributed by atoms with Crippen molar-refractivity contribution in [3.05, 3.63) is 28.2 Å². The Morgan fingerprint density at radius 1 is 1.43 bits per heavy atom. The summed E-state index contributed by atoms with van der Waals surface area (Å²) < 4.78 is 6.75. The predicted octanol–water partition coefficient (Wildman–Crippen LogP) is 2.99. The minimum atomic E-state index is 0.0257. The van der Waals surface area contributed by atoms with Crippen LogP contribution < -0.4 is 15.4 Å². The molecule has 21 heavy (non-hydrogen) atoms. The lowest BCUT2D eigenvalue weighted by molar-refractivity contribution is -0.122. The quantitative estimate of drug-likeness (QED) is 0.754. The topological polar surface area (TPSA) is 50.4 Å². The van der Waals surface area contributed by atoms with E-state index in [-0.39, 0.29) is 11.9 Å². The van der Waals surface area contributed by atoms with Crippen molar-refractivity contribution in [2.45, 2.75) is 51.7 Å². The average molecular weight is 355 g/mol. The van der Waals surface area contributed by atoms with Gasteiger partial charge in [-0.2, -0.15) is 0 Å². The fourth-order valence-electron chi connectivity index (χ4n) is 1.97. The van der Waals surface area contributed by atoms with E-state index >= 15 is 0 Å². The summed E-state index contributed by atoms with van der Waals surface area (Å²) in [6.45, 7) is 5.14. The summed E-state index contributed by atoms with van der Waals surface area (Å²) in [5.74, 6) is 0.834. The number of hydrogen-bond donors (Lipinski definition) is 2. The van der Waals surface area contributed by atoms with Gasteiger partial charge in [0.25, 0.3) is 0 Å². The number of hydrogen-bond acceptors (Lipinski definition) is 3. The molecular formula is C16H23BrN2O2. The van der Waals surface area contributed by atoms with Crippen LogP contribution in [0.2, 0.25) is 0 Å². The molecule has 4 nitrogen and oxygen atoms in total. The molecule has 5 heteroatoms. The maximum Gasteiger partial charge on any atom is 0.223 e. The molecule has 0 heterocycles. The van der Waals surface area contributed by atoms with Crippen molar-refractivity contribution in [1.82, 2.24) is 10.6 Å². The monoisotopic (exact) mass is 354 g/mol. The average Bonchev–Trinajstić information content (AvgIpc) is 3.22. The summed E-state index contributed by atoms with van der Waals surface area (Å²) in [6.07, 6.45) is 2.93. The Balaban J connectivity index is 1.79. The molecule has 0 saturated heterocycles. The molecule has 0 spiro atoms. The molecule has 0 aromatic heterocycles. The Hall–Kier alpha value is -1.07. The Bertz CT molecular complexity index is 487. The fourth-order valence-corrected chi connectivity index (χ4v) is 2.36. The maximum absolute atomic E-state index is 11.5. The number of nitrogens with one attached hydrogen (secondary N) is 2. The van der Waals surface area contributed by atoms with Crippen LogP contribution >= 0.6 is 15.9 Å². The third-order valence-corrected chi connectivity index (χ3v) is 4.00. The SMILES string of the molecule is CC(C)NC(=O)CCOc1ccc(Br)c(CNC2CC2)c1. The van der Waals surface area contributed by atoms with Gasteiger partial charge in [-0.25, -0.2) is 0 Å². The van der Waals surface area contributed by atoms with E-state index in [1.54, 1.807) is 0 Å². The van der Waals surface area contributed by atoms with Crippen LogP contribution in [0, 0.1) is 0 Å². The largest absolute Gasteiger partial charge is 0.493 e. The zero-order valence-electron chi connectivity index (χ0n) is 12.6. The van der Waals surface area contributed by atoms with Crippen LogP contribution in [-0.4, -0.2) is 24.6 Å². The minimum Gasteiger partial charge on any atom is -0.493 e. The summed E-state index contributed by atoms with van der Waals surface area (Å²) in [7, 11) is 0. The van der Waals surface area contributed by atoms with Gasteiger partial charge in [-0.15, -0.1) is 0 Å². The highest BCUT2D eigenvalue weighted by molar-refractivity contribution is 9.10.